The van der Waals surface area contributed by atoms with Gasteiger partial charge in [0.05, 0.1) is 5.39 Å². The van der Waals surface area contributed by atoms with Gasteiger partial charge >= 0.3 is 0 Å². The number of hydrogen-bond acceptors (Lipinski definition) is 5. The van der Waals surface area contributed by atoms with Gasteiger partial charge in [-0.2, -0.15) is 0 Å². The first-order chi connectivity index (χ1) is 29.7. The zero-order valence-electron chi connectivity index (χ0n) is 32.2. The van der Waals surface area contributed by atoms with E-state index in [2.05, 4.69) is 144 Å². The Morgan fingerprint density at radius 3 is 1.60 bits per heavy atom. The van der Waals surface area contributed by atoms with E-state index in [4.69, 9.17) is 18.2 Å². The smallest absolute Gasteiger partial charge is 0.227 e. The first kappa shape index (κ1) is 33.9. The van der Waals surface area contributed by atoms with Crippen molar-refractivity contribution in [1.29, 1.82) is 0 Å². The Labute approximate surface area is 345 Å². The highest BCUT2D eigenvalue weighted by Gasteiger charge is 2.19. The lowest BCUT2D eigenvalue weighted by Gasteiger charge is -2.26. The minimum atomic E-state index is 0.594. The zero-order chi connectivity index (χ0) is 39.6. The van der Waals surface area contributed by atoms with Gasteiger partial charge < -0.3 is 18.2 Å². The van der Waals surface area contributed by atoms with Crippen molar-refractivity contribution in [2.75, 3.05) is 4.90 Å². The fraction of sp³-hybridized carbons (Fsp3) is 0. The van der Waals surface area contributed by atoms with Crippen molar-refractivity contribution in [2.45, 2.75) is 0 Å². The maximum Gasteiger partial charge on any atom is 0.227 e. The molecule has 0 saturated carbocycles. The van der Waals surface area contributed by atoms with Crippen LogP contribution in [-0.2, 0) is 0 Å². The van der Waals surface area contributed by atoms with Crippen LogP contribution in [0.25, 0.3) is 99.8 Å². The third-order valence-corrected chi connectivity index (χ3v) is 11.5. The normalized spacial score (nSPS) is 11.7. The zero-order valence-corrected chi connectivity index (χ0v) is 32.2. The largest absolute Gasteiger partial charge is 0.456 e. The van der Waals surface area contributed by atoms with Crippen LogP contribution in [0.1, 0.15) is 0 Å². The van der Waals surface area contributed by atoms with Crippen LogP contribution in [0.3, 0.4) is 0 Å². The van der Waals surface area contributed by atoms with Gasteiger partial charge in [0, 0.05) is 44.3 Å². The average Bonchev–Trinajstić information content (AvgIpc) is 4.04. The van der Waals surface area contributed by atoms with Gasteiger partial charge in [0.1, 0.15) is 27.8 Å². The van der Waals surface area contributed by atoms with Gasteiger partial charge in [-0.3, -0.25) is 0 Å². The van der Waals surface area contributed by atoms with Crippen molar-refractivity contribution >= 4 is 72.0 Å². The number of furan rings is 2. The minimum Gasteiger partial charge on any atom is -0.456 e. The van der Waals surface area contributed by atoms with Crippen molar-refractivity contribution in [2.24, 2.45) is 0 Å². The van der Waals surface area contributed by atoms with E-state index in [9.17, 15) is 0 Å². The maximum atomic E-state index is 6.42. The Balaban J connectivity index is 0.926. The molecule has 0 N–H and O–H groups in total. The highest BCUT2D eigenvalue weighted by Crippen LogP contribution is 2.42. The summed E-state index contributed by atoms with van der Waals surface area (Å²) in [5.74, 6) is 0.594. The molecule has 0 amide bonds. The lowest BCUT2D eigenvalue weighted by molar-refractivity contribution is 0.622. The van der Waals surface area contributed by atoms with Gasteiger partial charge in [0.2, 0.25) is 5.89 Å². The number of para-hydroxylation sites is 2. The molecule has 5 heteroatoms. The number of fused-ring (bicyclic) bond motifs is 8. The van der Waals surface area contributed by atoms with E-state index >= 15 is 0 Å². The molecule has 0 radical (unpaired) electrons. The molecule has 12 rings (SSSR count). The molecule has 0 bridgehead atoms. The molecule has 0 fully saturated rings. The summed E-state index contributed by atoms with van der Waals surface area (Å²) < 4.78 is 19.1. The van der Waals surface area contributed by atoms with Crippen LogP contribution in [0.15, 0.2) is 220 Å². The monoisotopic (exact) mass is 770 g/mol. The third-order valence-electron chi connectivity index (χ3n) is 11.5. The predicted molar refractivity (Wildman–Crippen MR) is 245 cm³/mol. The van der Waals surface area contributed by atoms with E-state index in [1.165, 1.54) is 11.1 Å². The van der Waals surface area contributed by atoms with Crippen LogP contribution in [0.2, 0.25) is 0 Å². The Hall–Kier alpha value is -8.15. The van der Waals surface area contributed by atoms with Gasteiger partial charge in [0.25, 0.3) is 0 Å². The third kappa shape index (κ3) is 5.67. The number of anilines is 3. The summed E-state index contributed by atoms with van der Waals surface area (Å²) in [6.45, 7) is 0. The fourth-order valence-electron chi connectivity index (χ4n) is 8.58. The van der Waals surface area contributed by atoms with Crippen LogP contribution in [0.4, 0.5) is 17.1 Å². The van der Waals surface area contributed by atoms with E-state index < -0.39 is 0 Å². The molecule has 9 aromatic carbocycles. The molecule has 12 aromatic rings. The molecule has 0 atom stereocenters. The van der Waals surface area contributed by atoms with Gasteiger partial charge in [-0.15, -0.1) is 0 Å². The van der Waals surface area contributed by atoms with Crippen molar-refractivity contribution < 1.29 is 13.3 Å². The Kier molecular flexibility index (Phi) is 7.78. The summed E-state index contributed by atoms with van der Waals surface area (Å²) in [6.07, 6.45) is 0. The fourth-order valence-corrected chi connectivity index (χ4v) is 8.58. The molecule has 0 aliphatic rings. The summed E-state index contributed by atoms with van der Waals surface area (Å²) in [6, 6.07) is 71.8. The average molecular weight is 771 g/mol. The second-order valence-corrected chi connectivity index (χ2v) is 15.1. The number of rotatable bonds is 7. The molecule has 60 heavy (non-hydrogen) atoms. The van der Waals surface area contributed by atoms with E-state index in [-0.39, 0.29) is 0 Å². The second-order valence-electron chi connectivity index (χ2n) is 15.1. The Bertz CT molecular complexity index is 3510. The Morgan fingerprint density at radius 2 is 0.883 bits per heavy atom. The molecule has 3 heterocycles. The molecular weight excluding hydrogens is 737 g/mol. The molecule has 0 aliphatic carbocycles. The van der Waals surface area contributed by atoms with Crippen LogP contribution < -0.4 is 4.90 Å². The highest BCUT2D eigenvalue weighted by molar-refractivity contribution is 6.17. The highest BCUT2D eigenvalue weighted by atomic mass is 16.4. The van der Waals surface area contributed by atoms with Crippen LogP contribution in [0.5, 0.6) is 0 Å². The van der Waals surface area contributed by atoms with Gasteiger partial charge in [0.15, 0.2) is 5.58 Å². The lowest BCUT2D eigenvalue weighted by atomic mass is 10.0. The number of benzene rings is 9. The van der Waals surface area contributed by atoms with Gasteiger partial charge in [-0.1, -0.05) is 127 Å². The second kappa shape index (κ2) is 13.8. The van der Waals surface area contributed by atoms with Crippen LogP contribution in [0, 0.1) is 0 Å². The summed E-state index contributed by atoms with van der Waals surface area (Å²) >= 11 is 0. The first-order valence-corrected chi connectivity index (χ1v) is 20.1. The molecule has 0 aliphatic heterocycles. The van der Waals surface area contributed by atoms with Crippen molar-refractivity contribution in [3.63, 3.8) is 0 Å². The Morgan fingerprint density at radius 1 is 0.333 bits per heavy atom. The number of nitrogens with zero attached hydrogens (tertiary/aromatic N) is 2. The van der Waals surface area contributed by atoms with Crippen LogP contribution >= 0.6 is 0 Å². The molecule has 3 aromatic heterocycles. The number of hydrogen-bond donors (Lipinski definition) is 0. The number of oxazole rings is 1. The quantitative estimate of drug-likeness (QED) is 0.162. The summed E-state index contributed by atoms with van der Waals surface area (Å²) in [5.41, 5.74) is 15.7. The first-order valence-electron chi connectivity index (χ1n) is 20.1. The van der Waals surface area contributed by atoms with E-state index in [0.717, 1.165) is 99.9 Å². The SMILES string of the molecule is c1ccc(-c2ccc(N(c3ccc(-c4ccc5oc6ccc7nc(-c8ccccc8)oc7c6c5c4)cc3)c3ccc(-c4cccc5c4oc4ccccc45)cc3)cc2)cc1. The maximum absolute atomic E-state index is 6.42. The molecular formula is C55H34N2O3. The number of aromatic nitrogens is 1. The molecule has 0 unspecified atom stereocenters. The van der Waals surface area contributed by atoms with Crippen molar-refractivity contribution in [1.82, 2.24) is 4.98 Å². The molecule has 0 saturated heterocycles. The standard InChI is InChI=1S/C55H34N2O3/c1-3-10-35(11-4-1)36-18-25-41(26-19-36)57(43-29-22-38(23-30-43)44-15-9-16-46-45-14-7-8-17-49(45)59-53(44)46)42-27-20-37(21-28-42)40-24-32-50-47(34-40)52-51(58-50)33-31-48-54(52)60-55(56-48)39-12-5-2-6-13-39/h1-34H. The molecule has 5 nitrogen and oxygen atoms in total. The summed E-state index contributed by atoms with van der Waals surface area (Å²) in [4.78, 5) is 7.13. The molecule has 282 valence electrons. The van der Waals surface area contributed by atoms with E-state index in [1.54, 1.807) is 0 Å². The summed E-state index contributed by atoms with van der Waals surface area (Å²) in [5, 5.41) is 4.17. The minimum absolute atomic E-state index is 0.594. The predicted octanol–water partition coefficient (Wildman–Crippen LogP) is 15.8. The summed E-state index contributed by atoms with van der Waals surface area (Å²) in [7, 11) is 0. The van der Waals surface area contributed by atoms with Gasteiger partial charge in [-0.05, 0) is 107 Å². The molecule has 0 spiro atoms. The van der Waals surface area contributed by atoms with E-state index in [0.29, 0.717) is 5.89 Å². The van der Waals surface area contributed by atoms with Gasteiger partial charge in [-0.25, -0.2) is 4.98 Å². The van der Waals surface area contributed by atoms with Crippen molar-refractivity contribution in [3.8, 4) is 44.8 Å². The van der Waals surface area contributed by atoms with E-state index in [1.807, 2.05) is 66.7 Å². The topological polar surface area (TPSA) is 55.6 Å². The van der Waals surface area contributed by atoms with Crippen molar-refractivity contribution in [3.05, 3.63) is 206 Å². The van der Waals surface area contributed by atoms with Crippen LogP contribution in [-0.4, -0.2) is 4.98 Å². The lowest BCUT2D eigenvalue weighted by Crippen LogP contribution is -2.09.